The minimum absolute atomic E-state index is 0.00744. The Hall–Kier alpha value is -3.51. The lowest BCUT2D eigenvalue weighted by molar-refractivity contribution is -0.125. The van der Waals surface area contributed by atoms with Crippen LogP contribution in [0.2, 0.25) is 0 Å². The van der Waals surface area contributed by atoms with Crippen LogP contribution in [-0.4, -0.2) is 52.9 Å². The number of amides is 1. The molecule has 1 aliphatic heterocycles. The lowest BCUT2D eigenvalue weighted by atomic mass is 10.1. The van der Waals surface area contributed by atoms with E-state index in [9.17, 15) is 4.79 Å². The Labute approximate surface area is 194 Å². The number of carbonyl (C=O) groups excluding carboxylic acids is 1. The fourth-order valence-corrected chi connectivity index (χ4v) is 4.27. The first-order chi connectivity index (χ1) is 15.4. The van der Waals surface area contributed by atoms with Gasteiger partial charge in [0.15, 0.2) is 0 Å². The van der Waals surface area contributed by atoms with E-state index in [4.69, 9.17) is 20.3 Å². The Balaban J connectivity index is 1.80. The van der Waals surface area contributed by atoms with Crippen LogP contribution in [-0.2, 0) is 4.79 Å². The summed E-state index contributed by atoms with van der Waals surface area (Å²) in [4.78, 5) is 18.1. The van der Waals surface area contributed by atoms with Crippen LogP contribution < -0.4 is 15.2 Å². The molecule has 1 aliphatic rings. The van der Waals surface area contributed by atoms with Gasteiger partial charge in [-0.2, -0.15) is 5.10 Å². The number of benzene rings is 1. The average molecular weight is 496 g/mol. The minimum atomic E-state index is -0.0869. The fraction of sp³-hybridized carbons (Fsp3) is 0.261. The number of nitrogens with two attached hydrogens (primary N) is 1. The molecule has 3 aromatic rings. The number of carbonyl (C=O) groups is 1. The number of aromatic nitrogens is 3. The van der Waals surface area contributed by atoms with E-state index in [2.05, 4.69) is 39.3 Å². The third kappa shape index (κ3) is 4.01. The van der Waals surface area contributed by atoms with Gasteiger partial charge in [0, 0.05) is 30.9 Å². The van der Waals surface area contributed by atoms with Gasteiger partial charge in [-0.25, -0.2) is 4.98 Å². The smallest absolute Gasteiger partial charge is 0.246 e. The number of nitrogens with zero attached hydrogens (tertiary/aromatic N) is 4. The van der Waals surface area contributed by atoms with E-state index in [0.717, 1.165) is 16.4 Å². The number of halogens is 1. The molecule has 1 fully saturated rings. The number of pyridine rings is 1. The Kier molecular flexibility index (Phi) is 6.06. The lowest BCUT2D eigenvalue weighted by Crippen LogP contribution is -2.27. The van der Waals surface area contributed by atoms with Gasteiger partial charge in [-0.3, -0.25) is 9.48 Å². The molecule has 0 spiro atoms. The monoisotopic (exact) mass is 495 g/mol. The van der Waals surface area contributed by atoms with Crippen molar-refractivity contribution >= 4 is 38.6 Å². The number of hydrogen-bond donors (Lipinski definition) is 1. The number of fused-ring (bicyclic) bond motifs is 1. The molecule has 8 nitrogen and oxygen atoms in total. The summed E-state index contributed by atoms with van der Waals surface area (Å²) in [6, 6.07) is 5.42. The summed E-state index contributed by atoms with van der Waals surface area (Å²) >= 11 is 3.58. The second-order valence-electron chi connectivity index (χ2n) is 7.29. The quantitative estimate of drug-likeness (QED) is 0.441. The van der Waals surface area contributed by atoms with E-state index < -0.39 is 0 Å². The third-order valence-electron chi connectivity index (χ3n) is 5.38. The van der Waals surface area contributed by atoms with Crippen molar-refractivity contribution in [2.45, 2.75) is 12.5 Å². The van der Waals surface area contributed by atoms with Gasteiger partial charge in [0.05, 0.1) is 35.6 Å². The highest BCUT2D eigenvalue weighted by atomic mass is 79.9. The second kappa shape index (κ2) is 8.93. The summed E-state index contributed by atoms with van der Waals surface area (Å²) in [5, 5.41) is 5.46. The van der Waals surface area contributed by atoms with Crippen molar-refractivity contribution in [2.75, 3.05) is 33.0 Å². The predicted molar refractivity (Wildman–Crippen MR) is 126 cm³/mol. The number of methoxy groups -OCH3 is 2. The molecule has 4 rings (SSSR count). The molecule has 2 aromatic heterocycles. The zero-order valence-corrected chi connectivity index (χ0v) is 19.3. The molecule has 1 atom stereocenters. The van der Waals surface area contributed by atoms with Crippen molar-refractivity contribution in [2.24, 2.45) is 0 Å². The minimum Gasteiger partial charge on any atom is -0.497 e. The van der Waals surface area contributed by atoms with E-state index in [1.165, 1.54) is 6.08 Å². The molecule has 32 heavy (non-hydrogen) atoms. The standard InChI is InChI=1S/C23H22BrN5O3/c1-4-20(30)28-8-7-15(13-28)29-22-18(24)12-26-23(25)21(22)19(27-29)6-5-14-9-16(31-2)11-17(10-14)32-3/h4,9-12,15H,1,7-8,13H2,2-3H3,(H2,25,26)/t15-/m0/s1. The normalized spacial score (nSPS) is 15.3. The number of likely N-dealkylation sites (tertiary alicyclic amines) is 1. The third-order valence-corrected chi connectivity index (χ3v) is 5.96. The maximum absolute atomic E-state index is 12.0. The van der Waals surface area contributed by atoms with Gasteiger partial charge in [0.2, 0.25) is 5.91 Å². The van der Waals surface area contributed by atoms with Crippen molar-refractivity contribution in [3.05, 3.63) is 52.8 Å². The Morgan fingerprint density at radius 3 is 2.66 bits per heavy atom. The second-order valence-corrected chi connectivity index (χ2v) is 8.14. The molecule has 0 unspecified atom stereocenters. The van der Waals surface area contributed by atoms with E-state index >= 15 is 0 Å². The van der Waals surface area contributed by atoms with Gasteiger partial charge in [-0.1, -0.05) is 12.5 Å². The van der Waals surface area contributed by atoms with Crippen molar-refractivity contribution in [3.8, 4) is 23.3 Å². The molecule has 2 N–H and O–H groups in total. The maximum Gasteiger partial charge on any atom is 0.246 e. The molecular weight excluding hydrogens is 474 g/mol. The molecule has 0 bridgehead atoms. The number of nitrogen functional groups attached to an aromatic ring is 1. The molecule has 1 saturated heterocycles. The van der Waals surface area contributed by atoms with Crippen LogP contribution in [0.4, 0.5) is 5.82 Å². The highest BCUT2D eigenvalue weighted by Crippen LogP contribution is 2.34. The largest absolute Gasteiger partial charge is 0.497 e. The Morgan fingerprint density at radius 2 is 2.00 bits per heavy atom. The zero-order valence-electron chi connectivity index (χ0n) is 17.8. The van der Waals surface area contributed by atoms with Crippen LogP contribution in [0.25, 0.3) is 10.9 Å². The summed E-state index contributed by atoms with van der Waals surface area (Å²) in [6.45, 7) is 4.75. The van der Waals surface area contributed by atoms with Crippen LogP contribution in [0.15, 0.2) is 41.5 Å². The lowest BCUT2D eigenvalue weighted by Gasteiger charge is -2.15. The molecule has 1 amide bonds. The van der Waals surface area contributed by atoms with Crippen molar-refractivity contribution in [1.29, 1.82) is 0 Å². The highest BCUT2D eigenvalue weighted by Gasteiger charge is 2.29. The van der Waals surface area contributed by atoms with E-state index in [-0.39, 0.29) is 11.9 Å². The van der Waals surface area contributed by atoms with E-state index in [1.54, 1.807) is 31.4 Å². The summed E-state index contributed by atoms with van der Waals surface area (Å²) < 4.78 is 13.3. The van der Waals surface area contributed by atoms with Gasteiger partial charge >= 0.3 is 0 Å². The number of ether oxygens (including phenoxy) is 2. The summed E-state index contributed by atoms with van der Waals surface area (Å²) in [5.74, 6) is 7.81. The first-order valence-electron chi connectivity index (χ1n) is 9.93. The highest BCUT2D eigenvalue weighted by molar-refractivity contribution is 9.10. The molecule has 1 aromatic carbocycles. The maximum atomic E-state index is 12.0. The summed E-state index contributed by atoms with van der Waals surface area (Å²) in [6.07, 6.45) is 3.76. The molecular formula is C23H22BrN5O3. The molecule has 164 valence electrons. The van der Waals surface area contributed by atoms with Crippen LogP contribution in [0, 0.1) is 11.8 Å². The van der Waals surface area contributed by atoms with Gasteiger partial charge in [-0.05, 0) is 46.5 Å². The number of rotatable bonds is 4. The average Bonchev–Trinajstić information content (AvgIpc) is 3.45. The first kappa shape index (κ1) is 21.7. The van der Waals surface area contributed by atoms with Gasteiger partial charge in [0.1, 0.15) is 23.0 Å². The van der Waals surface area contributed by atoms with Crippen LogP contribution in [0.5, 0.6) is 11.5 Å². The van der Waals surface area contributed by atoms with E-state index in [1.807, 2.05) is 16.8 Å². The Morgan fingerprint density at radius 1 is 1.28 bits per heavy atom. The summed E-state index contributed by atoms with van der Waals surface area (Å²) in [7, 11) is 3.18. The van der Waals surface area contributed by atoms with Gasteiger partial charge < -0.3 is 20.1 Å². The molecule has 3 heterocycles. The molecule has 0 aliphatic carbocycles. The van der Waals surface area contributed by atoms with Gasteiger partial charge in [-0.15, -0.1) is 0 Å². The first-order valence-corrected chi connectivity index (χ1v) is 10.7. The van der Waals surface area contributed by atoms with Crippen molar-refractivity contribution in [3.63, 3.8) is 0 Å². The van der Waals surface area contributed by atoms with Gasteiger partial charge in [0.25, 0.3) is 0 Å². The predicted octanol–water partition coefficient (Wildman–Crippen LogP) is 3.15. The summed E-state index contributed by atoms with van der Waals surface area (Å²) in [5.41, 5.74) is 8.26. The van der Waals surface area contributed by atoms with E-state index in [0.29, 0.717) is 47.1 Å². The zero-order chi connectivity index (χ0) is 22.8. The SMILES string of the molecule is C=CC(=O)N1CC[C@H](n2nc(C#Cc3cc(OC)cc(OC)c3)c3c(N)ncc(Br)c32)C1. The van der Waals surface area contributed by atoms with Crippen molar-refractivity contribution in [1.82, 2.24) is 19.7 Å². The number of hydrogen-bond acceptors (Lipinski definition) is 6. The number of anilines is 1. The fourth-order valence-electron chi connectivity index (χ4n) is 3.79. The molecule has 9 heteroatoms. The Bertz CT molecular complexity index is 1250. The van der Waals surface area contributed by atoms with Crippen LogP contribution in [0.1, 0.15) is 23.7 Å². The molecule has 0 saturated carbocycles. The molecule has 0 radical (unpaired) electrons. The topological polar surface area (TPSA) is 95.5 Å². The van der Waals surface area contributed by atoms with Crippen molar-refractivity contribution < 1.29 is 14.3 Å². The van der Waals surface area contributed by atoms with Crippen LogP contribution in [0.3, 0.4) is 0 Å². The van der Waals surface area contributed by atoms with Crippen LogP contribution >= 0.6 is 15.9 Å².